The smallest absolute Gasteiger partial charge is 0.341 e. The van der Waals surface area contributed by atoms with Crippen LogP contribution in [-0.2, 0) is 11.3 Å². The van der Waals surface area contributed by atoms with E-state index in [2.05, 4.69) is 34.0 Å². The van der Waals surface area contributed by atoms with Crippen LogP contribution in [0.5, 0.6) is 5.88 Å². The van der Waals surface area contributed by atoms with Crippen LogP contribution >= 0.6 is 0 Å². The summed E-state index contributed by atoms with van der Waals surface area (Å²) in [4.78, 5) is 20.8. The molecular weight excluding hydrogens is 348 g/mol. The average Bonchev–Trinajstić information content (AvgIpc) is 3.33. The molecule has 0 unspecified atom stereocenters. The van der Waals surface area contributed by atoms with Crippen LogP contribution in [0.4, 0.5) is 0 Å². The number of hydrogen-bond donors (Lipinski definition) is 0. The van der Waals surface area contributed by atoms with Gasteiger partial charge in [-0.15, -0.1) is 0 Å². The molecule has 0 atom stereocenters. The van der Waals surface area contributed by atoms with Gasteiger partial charge in [-0.3, -0.25) is 4.68 Å². The second kappa shape index (κ2) is 8.15. The molecule has 0 fully saturated rings. The normalized spacial score (nSPS) is 11.3. The van der Waals surface area contributed by atoms with Crippen LogP contribution in [0, 0.1) is 5.92 Å². The molecule has 0 N–H and O–H groups in total. The van der Waals surface area contributed by atoms with Crippen molar-refractivity contribution in [2.75, 3.05) is 13.7 Å². The largest absolute Gasteiger partial charge is 0.479 e. The summed E-state index contributed by atoms with van der Waals surface area (Å²) in [5.74, 6) is 0.814. The van der Waals surface area contributed by atoms with Crippen molar-refractivity contribution in [3.63, 3.8) is 0 Å². The highest BCUT2D eigenvalue weighted by molar-refractivity contribution is 5.88. The van der Waals surface area contributed by atoms with Gasteiger partial charge in [0.15, 0.2) is 0 Å². The van der Waals surface area contributed by atoms with Crippen LogP contribution < -0.4 is 4.74 Å². The van der Waals surface area contributed by atoms with Gasteiger partial charge in [0.05, 0.1) is 31.7 Å². The SMILES string of the molecule is CCOC(=O)c1cnn(-c2nc(OC)c3c(cnn3CC(CC)CC)n2)c1. The predicted octanol–water partition coefficient (Wildman–Crippen LogP) is 2.63. The summed E-state index contributed by atoms with van der Waals surface area (Å²) in [6.45, 7) is 7.18. The molecule has 0 bridgehead atoms. The van der Waals surface area contributed by atoms with E-state index in [1.807, 2.05) is 4.68 Å². The van der Waals surface area contributed by atoms with Crippen molar-refractivity contribution in [1.29, 1.82) is 0 Å². The Bertz CT molecular complexity index is 928. The van der Waals surface area contributed by atoms with Gasteiger partial charge in [-0.25, -0.2) is 14.5 Å². The molecule has 3 aromatic rings. The fourth-order valence-electron chi connectivity index (χ4n) is 2.88. The van der Waals surface area contributed by atoms with E-state index >= 15 is 0 Å². The first kappa shape index (κ1) is 18.8. The maximum absolute atomic E-state index is 11.8. The molecule has 0 saturated heterocycles. The lowest BCUT2D eigenvalue weighted by Gasteiger charge is -2.14. The molecule has 27 heavy (non-hydrogen) atoms. The minimum Gasteiger partial charge on any atom is -0.479 e. The van der Waals surface area contributed by atoms with Crippen LogP contribution in [0.25, 0.3) is 17.0 Å². The number of ether oxygens (including phenoxy) is 2. The molecule has 0 amide bonds. The van der Waals surface area contributed by atoms with E-state index in [1.54, 1.807) is 20.2 Å². The van der Waals surface area contributed by atoms with Crippen LogP contribution in [0.1, 0.15) is 44.0 Å². The summed E-state index contributed by atoms with van der Waals surface area (Å²) < 4.78 is 13.8. The van der Waals surface area contributed by atoms with Gasteiger partial charge < -0.3 is 9.47 Å². The Kier molecular flexibility index (Phi) is 5.68. The fraction of sp³-hybridized carbons (Fsp3) is 0.500. The van der Waals surface area contributed by atoms with Gasteiger partial charge in [-0.2, -0.15) is 15.2 Å². The first-order valence-corrected chi connectivity index (χ1v) is 9.10. The topological polar surface area (TPSA) is 97.0 Å². The number of methoxy groups -OCH3 is 1. The van der Waals surface area contributed by atoms with Crippen molar-refractivity contribution < 1.29 is 14.3 Å². The Morgan fingerprint density at radius 3 is 2.59 bits per heavy atom. The monoisotopic (exact) mass is 372 g/mol. The Balaban J connectivity index is 1.98. The zero-order chi connectivity index (χ0) is 19.4. The minimum atomic E-state index is -0.435. The zero-order valence-corrected chi connectivity index (χ0v) is 16.0. The first-order valence-electron chi connectivity index (χ1n) is 9.10. The molecule has 3 rings (SSSR count). The van der Waals surface area contributed by atoms with E-state index in [0.29, 0.717) is 35.4 Å². The molecule has 0 saturated carbocycles. The molecule has 3 heterocycles. The van der Waals surface area contributed by atoms with Crippen LogP contribution in [0.3, 0.4) is 0 Å². The van der Waals surface area contributed by atoms with Crippen molar-refractivity contribution in [2.45, 2.75) is 40.2 Å². The highest BCUT2D eigenvalue weighted by atomic mass is 16.5. The van der Waals surface area contributed by atoms with Gasteiger partial charge in [-0.05, 0) is 12.8 Å². The van der Waals surface area contributed by atoms with E-state index in [-0.39, 0.29) is 0 Å². The lowest BCUT2D eigenvalue weighted by Crippen LogP contribution is -2.12. The van der Waals surface area contributed by atoms with Crippen molar-refractivity contribution in [2.24, 2.45) is 5.92 Å². The molecule has 0 aliphatic carbocycles. The highest BCUT2D eigenvalue weighted by Crippen LogP contribution is 2.25. The molecule has 0 aliphatic heterocycles. The van der Waals surface area contributed by atoms with E-state index in [0.717, 1.165) is 24.9 Å². The summed E-state index contributed by atoms with van der Waals surface area (Å²) in [5, 5.41) is 8.62. The molecule has 0 aromatic carbocycles. The van der Waals surface area contributed by atoms with Gasteiger partial charge in [0.25, 0.3) is 5.95 Å². The molecule has 3 aromatic heterocycles. The summed E-state index contributed by atoms with van der Waals surface area (Å²) >= 11 is 0. The molecule has 144 valence electrons. The maximum atomic E-state index is 11.8. The predicted molar refractivity (Wildman–Crippen MR) is 99.0 cm³/mol. The number of nitrogens with zero attached hydrogens (tertiary/aromatic N) is 6. The number of aromatic nitrogens is 6. The summed E-state index contributed by atoms with van der Waals surface area (Å²) in [6.07, 6.45) is 6.80. The number of carbonyl (C=O) groups is 1. The standard InChI is InChI=1S/C18H24N6O3/c1-5-12(6-2)10-23-15-14(9-20-23)21-18(22-16(15)26-4)24-11-13(8-19-24)17(25)27-7-3/h8-9,11-12H,5-7,10H2,1-4H3. The third-order valence-corrected chi connectivity index (χ3v) is 4.52. The van der Waals surface area contributed by atoms with Crippen molar-refractivity contribution in [1.82, 2.24) is 29.5 Å². The van der Waals surface area contributed by atoms with Gasteiger partial charge in [0.2, 0.25) is 5.88 Å². The lowest BCUT2D eigenvalue weighted by molar-refractivity contribution is 0.0526. The quantitative estimate of drug-likeness (QED) is 0.561. The third kappa shape index (κ3) is 3.76. The lowest BCUT2D eigenvalue weighted by atomic mass is 10.0. The van der Waals surface area contributed by atoms with Crippen molar-refractivity contribution >= 4 is 17.0 Å². The van der Waals surface area contributed by atoms with Gasteiger partial charge in [-0.1, -0.05) is 26.7 Å². The Morgan fingerprint density at radius 2 is 1.93 bits per heavy atom. The molecule has 9 nitrogen and oxygen atoms in total. The maximum Gasteiger partial charge on any atom is 0.341 e. The molecular formula is C18H24N6O3. The van der Waals surface area contributed by atoms with Gasteiger partial charge >= 0.3 is 5.97 Å². The number of rotatable bonds is 8. The first-order chi connectivity index (χ1) is 13.1. The van der Waals surface area contributed by atoms with Crippen molar-refractivity contribution in [3.05, 3.63) is 24.2 Å². The molecule has 0 spiro atoms. The molecule has 9 heteroatoms. The minimum absolute atomic E-state index is 0.302. The summed E-state index contributed by atoms with van der Waals surface area (Å²) in [7, 11) is 1.56. The Hall–Kier alpha value is -2.97. The second-order valence-electron chi connectivity index (χ2n) is 6.17. The third-order valence-electron chi connectivity index (χ3n) is 4.52. The zero-order valence-electron chi connectivity index (χ0n) is 16.0. The van der Waals surface area contributed by atoms with Crippen molar-refractivity contribution in [3.8, 4) is 11.8 Å². The molecule has 0 aliphatic rings. The van der Waals surface area contributed by atoms with Crippen LogP contribution in [-0.4, -0.2) is 49.2 Å². The second-order valence-corrected chi connectivity index (χ2v) is 6.17. The van der Waals surface area contributed by atoms with Gasteiger partial charge in [0, 0.05) is 12.7 Å². The average molecular weight is 372 g/mol. The Morgan fingerprint density at radius 1 is 1.15 bits per heavy atom. The number of fused-ring (bicyclic) bond motifs is 1. The number of esters is 1. The van der Waals surface area contributed by atoms with E-state index in [4.69, 9.17) is 9.47 Å². The summed E-state index contributed by atoms with van der Waals surface area (Å²) in [6, 6.07) is 0. The van der Waals surface area contributed by atoms with Gasteiger partial charge in [0.1, 0.15) is 11.0 Å². The van der Waals surface area contributed by atoms with E-state index in [9.17, 15) is 4.79 Å². The fourth-order valence-corrected chi connectivity index (χ4v) is 2.88. The summed E-state index contributed by atoms with van der Waals surface area (Å²) in [5.41, 5.74) is 1.76. The Labute approximate surface area is 157 Å². The van der Waals surface area contributed by atoms with E-state index < -0.39 is 5.97 Å². The van der Waals surface area contributed by atoms with Crippen LogP contribution in [0.2, 0.25) is 0 Å². The molecule has 0 radical (unpaired) electrons. The van der Waals surface area contributed by atoms with E-state index in [1.165, 1.54) is 17.1 Å². The number of carbonyl (C=O) groups excluding carboxylic acids is 1. The highest BCUT2D eigenvalue weighted by Gasteiger charge is 2.18. The number of hydrogen-bond acceptors (Lipinski definition) is 7. The van der Waals surface area contributed by atoms with Crippen LogP contribution in [0.15, 0.2) is 18.6 Å².